The molecule has 116 valence electrons. The van der Waals surface area contributed by atoms with Crippen molar-refractivity contribution >= 4 is 46.5 Å². The normalized spacial score (nSPS) is 26.5. The first-order chi connectivity index (χ1) is 9.99. The van der Waals surface area contributed by atoms with Crippen LogP contribution in [0.3, 0.4) is 0 Å². The van der Waals surface area contributed by atoms with Crippen LogP contribution >= 0.6 is 35.4 Å². The second-order valence-corrected chi connectivity index (χ2v) is 11.6. The SMILES string of the molecule is O=c1nc2oc(I(Cl)Cl)cc2cn1C1CC(O)C(CO)O1. The average Bonchev–Trinajstić information content (AvgIpc) is 3.00. The van der Waals surface area contributed by atoms with Crippen molar-refractivity contribution in [2.24, 2.45) is 0 Å². The van der Waals surface area contributed by atoms with Crippen LogP contribution in [-0.4, -0.2) is 38.6 Å². The first-order valence-corrected chi connectivity index (χ1v) is 12.5. The fraction of sp³-hybridized carbons (Fsp3) is 0.455. The van der Waals surface area contributed by atoms with Crippen molar-refractivity contribution in [3.05, 3.63) is 26.5 Å². The summed E-state index contributed by atoms with van der Waals surface area (Å²) in [5, 5.41) is 19.4. The van der Waals surface area contributed by atoms with Gasteiger partial charge in [-0.05, 0) is 0 Å². The molecule has 1 aliphatic rings. The Morgan fingerprint density at radius 1 is 1.52 bits per heavy atom. The number of halogens is 3. The van der Waals surface area contributed by atoms with Crippen molar-refractivity contribution in [3.8, 4) is 0 Å². The summed E-state index contributed by atoms with van der Waals surface area (Å²) < 4.78 is 12.5. The van der Waals surface area contributed by atoms with Crippen LogP contribution in [0.1, 0.15) is 12.6 Å². The first kappa shape index (κ1) is 15.5. The molecule has 2 aromatic heterocycles. The van der Waals surface area contributed by atoms with E-state index in [1.165, 1.54) is 10.8 Å². The van der Waals surface area contributed by atoms with E-state index in [-0.39, 0.29) is 18.7 Å². The van der Waals surface area contributed by atoms with E-state index in [1.54, 1.807) is 6.07 Å². The molecule has 1 saturated heterocycles. The first-order valence-electron chi connectivity index (χ1n) is 5.99. The standard InChI is InChI=1S/C11H11Cl2IN2O5/c12-14(13)8-1-5-3-16(11(19)15-10(5)21-8)9-2-6(18)7(4-17)20-9/h1,3,6-7,9,17-18H,2,4H2. The summed E-state index contributed by atoms with van der Waals surface area (Å²) in [5.41, 5.74) is -0.393. The molecule has 3 heterocycles. The van der Waals surface area contributed by atoms with Gasteiger partial charge in [-0.3, -0.25) is 0 Å². The summed E-state index contributed by atoms with van der Waals surface area (Å²) in [6, 6.07) is 1.65. The average molecular weight is 449 g/mol. The summed E-state index contributed by atoms with van der Waals surface area (Å²) in [5.74, 6) is 0. The third-order valence-corrected chi connectivity index (χ3v) is 6.47. The molecule has 0 radical (unpaired) electrons. The van der Waals surface area contributed by atoms with E-state index < -0.39 is 41.7 Å². The van der Waals surface area contributed by atoms with Crippen LogP contribution in [0.2, 0.25) is 0 Å². The molecule has 3 atom stereocenters. The Balaban J connectivity index is 1.99. The Morgan fingerprint density at radius 3 is 2.90 bits per heavy atom. The van der Waals surface area contributed by atoms with Crippen LogP contribution in [0, 0.1) is 3.77 Å². The number of fused-ring (bicyclic) bond motifs is 1. The van der Waals surface area contributed by atoms with Crippen LogP contribution in [0.15, 0.2) is 21.5 Å². The van der Waals surface area contributed by atoms with Crippen molar-refractivity contribution in [2.45, 2.75) is 24.9 Å². The van der Waals surface area contributed by atoms with E-state index in [9.17, 15) is 9.90 Å². The Kier molecular flexibility index (Phi) is 4.44. The quantitative estimate of drug-likeness (QED) is 0.692. The number of hydrogen-bond donors (Lipinski definition) is 2. The Labute approximate surface area is 133 Å². The predicted octanol–water partition coefficient (Wildman–Crippen LogP) is 1.61. The van der Waals surface area contributed by atoms with Gasteiger partial charge in [-0.2, -0.15) is 0 Å². The topological polar surface area (TPSA) is 97.7 Å². The molecule has 10 heteroatoms. The molecule has 7 nitrogen and oxygen atoms in total. The maximum absolute atomic E-state index is 12.0. The molecular formula is C11H11Cl2IN2O5. The molecule has 2 aromatic rings. The summed E-state index contributed by atoms with van der Waals surface area (Å²) >= 11 is -2.33. The number of nitrogens with zero attached hydrogens (tertiary/aromatic N) is 2. The van der Waals surface area contributed by atoms with Gasteiger partial charge in [-0.15, -0.1) is 0 Å². The molecule has 3 rings (SSSR count). The molecule has 0 aliphatic carbocycles. The molecule has 2 N–H and O–H groups in total. The van der Waals surface area contributed by atoms with Crippen LogP contribution in [0.5, 0.6) is 0 Å². The number of rotatable bonds is 3. The van der Waals surface area contributed by atoms with E-state index in [0.717, 1.165) is 0 Å². The third-order valence-electron chi connectivity index (χ3n) is 3.24. The molecule has 3 unspecified atom stereocenters. The van der Waals surface area contributed by atoms with Crippen molar-refractivity contribution in [1.29, 1.82) is 0 Å². The van der Waals surface area contributed by atoms with Gasteiger partial charge >= 0.3 is 133 Å². The van der Waals surface area contributed by atoms with Crippen molar-refractivity contribution in [3.63, 3.8) is 0 Å². The van der Waals surface area contributed by atoms with Gasteiger partial charge in [0.2, 0.25) is 0 Å². The minimum absolute atomic E-state index is 0.173. The molecule has 0 amide bonds. The van der Waals surface area contributed by atoms with Gasteiger partial charge in [0.05, 0.1) is 0 Å². The van der Waals surface area contributed by atoms with Crippen LogP contribution in [0.4, 0.5) is 0 Å². The zero-order valence-electron chi connectivity index (χ0n) is 10.4. The zero-order chi connectivity index (χ0) is 15.1. The predicted molar refractivity (Wildman–Crippen MR) is 84.3 cm³/mol. The van der Waals surface area contributed by atoms with Gasteiger partial charge in [-0.25, -0.2) is 0 Å². The molecule has 1 aliphatic heterocycles. The maximum atomic E-state index is 12.0. The number of aliphatic hydroxyl groups is 2. The van der Waals surface area contributed by atoms with E-state index in [4.69, 9.17) is 32.1 Å². The van der Waals surface area contributed by atoms with E-state index in [1.807, 2.05) is 0 Å². The molecule has 0 aromatic carbocycles. The molecular weight excluding hydrogens is 438 g/mol. The van der Waals surface area contributed by atoms with Crippen molar-refractivity contribution in [1.82, 2.24) is 9.55 Å². The fourth-order valence-electron chi connectivity index (χ4n) is 2.22. The van der Waals surface area contributed by atoms with E-state index in [2.05, 4.69) is 4.98 Å². The van der Waals surface area contributed by atoms with Gasteiger partial charge in [0.15, 0.2) is 0 Å². The molecule has 0 bridgehead atoms. The number of furan rings is 1. The molecule has 0 spiro atoms. The van der Waals surface area contributed by atoms with Gasteiger partial charge in [-0.1, -0.05) is 0 Å². The summed E-state index contributed by atoms with van der Waals surface area (Å²) in [6.07, 6.45) is -0.484. The number of aliphatic hydroxyl groups excluding tert-OH is 2. The second-order valence-electron chi connectivity index (χ2n) is 4.55. The van der Waals surface area contributed by atoms with Crippen LogP contribution in [-0.2, 0) is 4.74 Å². The van der Waals surface area contributed by atoms with Crippen molar-refractivity contribution < 1.29 is 19.4 Å². The van der Waals surface area contributed by atoms with Gasteiger partial charge in [0, 0.05) is 0 Å². The van der Waals surface area contributed by atoms with Crippen LogP contribution < -0.4 is 5.69 Å². The second kappa shape index (κ2) is 6.01. The Bertz CT molecular complexity index is 718. The number of ether oxygens (including phenoxy) is 1. The van der Waals surface area contributed by atoms with Crippen LogP contribution in [0.25, 0.3) is 11.1 Å². The van der Waals surface area contributed by atoms with Gasteiger partial charge in [0.25, 0.3) is 0 Å². The minimum atomic E-state index is -2.33. The summed E-state index contributed by atoms with van der Waals surface area (Å²) in [7, 11) is 11.7. The van der Waals surface area contributed by atoms with E-state index in [0.29, 0.717) is 9.15 Å². The zero-order valence-corrected chi connectivity index (χ0v) is 14.1. The Morgan fingerprint density at radius 2 is 2.29 bits per heavy atom. The van der Waals surface area contributed by atoms with Gasteiger partial charge in [0.1, 0.15) is 0 Å². The number of hydrogen-bond acceptors (Lipinski definition) is 6. The number of aromatic nitrogens is 2. The fourth-order valence-corrected chi connectivity index (χ4v) is 4.11. The van der Waals surface area contributed by atoms with E-state index >= 15 is 0 Å². The van der Waals surface area contributed by atoms with Crippen molar-refractivity contribution in [2.75, 3.05) is 6.61 Å². The summed E-state index contributed by atoms with van der Waals surface area (Å²) in [6.45, 7) is -0.315. The van der Waals surface area contributed by atoms with Gasteiger partial charge < -0.3 is 0 Å². The monoisotopic (exact) mass is 448 g/mol. The summed E-state index contributed by atoms with van der Waals surface area (Å²) in [4.78, 5) is 15.8. The molecule has 21 heavy (non-hydrogen) atoms. The molecule has 1 fully saturated rings. The Hall–Kier alpha value is -0.390. The third kappa shape index (κ3) is 2.92. The molecule has 0 saturated carbocycles.